The topological polar surface area (TPSA) is 105 Å². The lowest BCUT2D eigenvalue weighted by Crippen LogP contribution is -2.34. The summed E-state index contributed by atoms with van der Waals surface area (Å²) in [6.07, 6.45) is 9.02. The van der Waals surface area contributed by atoms with Crippen LogP contribution in [0.3, 0.4) is 0 Å². The Bertz CT molecular complexity index is 1140. The molecule has 0 radical (unpaired) electrons. The fraction of sp³-hybridized carbons (Fsp3) is 0.286. The average molecular weight is 397 g/mol. The van der Waals surface area contributed by atoms with Crippen LogP contribution in [0.25, 0.3) is 21.9 Å². The maximum Gasteiger partial charge on any atom is 0.336 e. The molecule has 3 aromatic rings. The Labute approximate surface area is 165 Å². The fourth-order valence-corrected chi connectivity index (χ4v) is 3.28. The summed E-state index contributed by atoms with van der Waals surface area (Å²) in [5.74, 6) is 0.602. The Kier molecular flexibility index (Phi) is 5.44. The molecule has 1 aliphatic rings. The van der Waals surface area contributed by atoms with Crippen molar-refractivity contribution in [1.29, 1.82) is 0 Å². The molecular weight excluding hydrogens is 378 g/mol. The minimum absolute atomic E-state index is 0.344. The third kappa shape index (κ3) is 4.07. The maximum absolute atomic E-state index is 11.5. The van der Waals surface area contributed by atoms with Crippen molar-refractivity contribution in [2.75, 3.05) is 13.2 Å². The van der Waals surface area contributed by atoms with Gasteiger partial charge in [0.05, 0.1) is 23.6 Å². The summed E-state index contributed by atoms with van der Waals surface area (Å²) in [6.45, 7) is 0.809. The first-order chi connectivity index (χ1) is 14.1. The predicted octanol–water partition coefficient (Wildman–Crippen LogP) is 3.85. The highest BCUT2D eigenvalue weighted by molar-refractivity contribution is 6.01. The third-order valence-electron chi connectivity index (χ3n) is 4.70. The molecule has 2 atom stereocenters. The summed E-state index contributed by atoms with van der Waals surface area (Å²) in [5, 5.41) is 12.6. The van der Waals surface area contributed by atoms with E-state index in [2.05, 4.69) is 0 Å². The van der Waals surface area contributed by atoms with Crippen LogP contribution in [0.1, 0.15) is 12.8 Å². The van der Waals surface area contributed by atoms with Gasteiger partial charge in [0.2, 0.25) is 0 Å². The molecule has 2 heterocycles. The van der Waals surface area contributed by atoms with E-state index in [4.69, 9.17) is 18.3 Å². The van der Waals surface area contributed by atoms with Crippen LogP contribution in [-0.2, 0) is 4.74 Å². The summed E-state index contributed by atoms with van der Waals surface area (Å²) in [7, 11) is 0. The second-order valence-electron chi connectivity index (χ2n) is 6.64. The van der Waals surface area contributed by atoms with Crippen LogP contribution < -0.4 is 10.4 Å². The normalized spacial score (nSPS) is 18.5. The first-order valence-electron chi connectivity index (χ1n) is 9.30. The van der Waals surface area contributed by atoms with Crippen LogP contribution in [0.5, 0.6) is 5.75 Å². The number of nitrogens with zero attached hydrogens (tertiary/aromatic N) is 1. The lowest BCUT2D eigenvalue weighted by atomic mass is 10.1. The standard InChI is InChI=1S/C21H19NO7/c23-20-8-7-14-19(29-20)13-18-15(9-12-27-18)21(14)28-11-4-3-10-26-17-6-2-1-5-16(17)22(24)25/h1-2,5-9,12-13,16-17H,3-4,10-11H2. The molecule has 0 amide bonds. The molecule has 8 heteroatoms. The van der Waals surface area contributed by atoms with E-state index >= 15 is 0 Å². The number of ether oxygens (including phenoxy) is 2. The Morgan fingerprint density at radius 1 is 1.03 bits per heavy atom. The Balaban J connectivity index is 1.35. The molecule has 0 spiro atoms. The van der Waals surface area contributed by atoms with Crippen molar-refractivity contribution < 1.29 is 23.2 Å². The van der Waals surface area contributed by atoms with Crippen molar-refractivity contribution in [3.63, 3.8) is 0 Å². The quantitative estimate of drug-likeness (QED) is 0.246. The first kappa shape index (κ1) is 18.9. The van der Waals surface area contributed by atoms with Crippen molar-refractivity contribution in [3.05, 3.63) is 75.4 Å². The maximum atomic E-state index is 11.5. The van der Waals surface area contributed by atoms with Crippen LogP contribution in [0, 0.1) is 10.1 Å². The van der Waals surface area contributed by atoms with Gasteiger partial charge in [0.25, 0.3) is 6.04 Å². The zero-order valence-corrected chi connectivity index (χ0v) is 15.5. The number of hydrogen-bond donors (Lipinski definition) is 0. The lowest BCUT2D eigenvalue weighted by molar-refractivity contribution is -0.519. The molecule has 0 fully saturated rings. The van der Waals surface area contributed by atoms with Crippen molar-refractivity contribution in [2.45, 2.75) is 25.0 Å². The molecule has 1 aliphatic carbocycles. The molecule has 2 unspecified atom stereocenters. The van der Waals surface area contributed by atoms with Gasteiger partial charge in [0.1, 0.15) is 23.0 Å². The van der Waals surface area contributed by atoms with E-state index < -0.39 is 17.8 Å². The average Bonchev–Trinajstić information content (AvgIpc) is 3.18. The van der Waals surface area contributed by atoms with Crippen LogP contribution in [0.15, 0.2) is 68.5 Å². The number of fused-ring (bicyclic) bond motifs is 2. The lowest BCUT2D eigenvalue weighted by Gasteiger charge is -2.18. The van der Waals surface area contributed by atoms with E-state index in [1.807, 2.05) is 0 Å². The fourth-order valence-electron chi connectivity index (χ4n) is 3.28. The second kappa shape index (κ2) is 8.32. The Hall–Kier alpha value is -3.39. The molecule has 29 heavy (non-hydrogen) atoms. The molecule has 2 aromatic heterocycles. The third-order valence-corrected chi connectivity index (χ3v) is 4.70. The van der Waals surface area contributed by atoms with Crippen LogP contribution in [0.2, 0.25) is 0 Å². The van der Waals surface area contributed by atoms with E-state index in [9.17, 15) is 14.9 Å². The van der Waals surface area contributed by atoms with Gasteiger partial charge in [0.15, 0.2) is 0 Å². The second-order valence-corrected chi connectivity index (χ2v) is 6.64. The Morgan fingerprint density at radius 2 is 1.83 bits per heavy atom. The summed E-state index contributed by atoms with van der Waals surface area (Å²) in [4.78, 5) is 22.2. The highest BCUT2D eigenvalue weighted by Gasteiger charge is 2.28. The molecule has 0 saturated carbocycles. The van der Waals surface area contributed by atoms with Gasteiger partial charge in [0, 0.05) is 23.7 Å². The first-order valence-corrected chi connectivity index (χ1v) is 9.30. The largest absolute Gasteiger partial charge is 0.492 e. The van der Waals surface area contributed by atoms with Crippen molar-refractivity contribution in [1.82, 2.24) is 0 Å². The molecule has 8 nitrogen and oxygen atoms in total. The molecule has 0 aliphatic heterocycles. The SMILES string of the molecule is O=c1ccc2c(OCCCCOC3C=CC=CC3[N+](=O)[O-])c3ccoc3cc2o1. The minimum Gasteiger partial charge on any atom is -0.492 e. The van der Waals surface area contributed by atoms with E-state index in [0.717, 1.165) is 5.39 Å². The predicted molar refractivity (Wildman–Crippen MR) is 106 cm³/mol. The van der Waals surface area contributed by atoms with Gasteiger partial charge < -0.3 is 18.3 Å². The highest BCUT2D eigenvalue weighted by atomic mass is 16.6. The van der Waals surface area contributed by atoms with Gasteiger partial charge >= 0.3 is 5.63 Å². The molecular formula is C21H19NO7. The molecule has 1 aromatic carbocycles. The highest BCUT2D eigenvalue weighted by Crippen LogP contribution is 2.35. The van der Waals surface area contributed by atoms with Gasteiger partial charge in [-0.15, -0.1) is 0 Å². The van der Waals surface area contributed by atoms with E-state index in [1.165, 1.54) is 12.1 Å². The van der Waals surface area contributed by atoms with Crippen molar-refractivity contribution >= 4 is 21.9 Å². The molecule has 0 saturated heterocycles. The summed E-state index contributed by atoms with van der Waals surface area (Å²) < 4.78 is 22.3. The molecule has 150 valence electrons. The number of furan rings is 1. The molecule has 4 rings (SSSR count). The summed E-state index contributed by atoms with van der Waals surface area (Å²) in [5.41, 5.74) is 0.542. The number of allylic oxidation sites excluding steroid dienone is 2. The van der Waals surface area contributed by atoms with Crippen molar-refractivity contribution in [3.8, 4) is 5.75 Å². The Morgan fingerprint density at radius 3 is 2.69 bits per heavy atom. The van der Waals surface area contributed by atoms with Gasteiger partial charge in [-0.1, -0.05) is 12.2 Å². The zero-order valence-electron chi connectivity index (χ0n) is 15.5. The number of benzene rings is 1. The summed E-state index contributed by atoms with van der Waals surface area (Å²) in [6, 6.07) is 5.65. The van der Waals surface area contributed by atoms with Gasteiger partial charge in [-0.3, -0.25) is 10.1 Å². The number of rotatable bonds is 8. The number of nitro groups is 1. The van der Waals surface area contributed by atoms with Crippen LogP contribution in [0.4, 0.5) is 0 Å². The summed E-state index contributed by atoms with van der Waals surface area (Å²) >= 11 is 0. The molecule has 0 bridgehead atoms. The van der Waals surface area contributed by atoms with Gasteiger partial charge in [-0.25, -0.2) is 4.79 Å². The molecule has 0 N–H and O–H groups in total. The van der Waals surface area contributed by atoms with Gasteiger partial charge in [-0.2, -0.15) is 0 Å². The van der Waals surface area contributed by atoms with Crippen LogP contribution in [-0.4, -0.2) is 30.3 Å². The van der Waals surface area contributed by atoms with E-state index in [-0.39, 0.29) is 4.92 Å². The van der Waals surface area contributed by atoms with E-state index in [0.29, 0.717) is 48.4 Å². The van der Waals surface area contributed by atoms with Crippen LogP contribution >= 0.6 is 0 Å². The smallest absolute Gasteiger partial charge is 0.336 e. The van der Waals surface area contributed by atoms with E-state index in [1.54, 1.807) is 42.7 Å². The number of unbranched alkanes of at least 4 members (excludes halogenated alkanes) is 1. The number of hydrogen-bond acceptors (Lipinski definition) is 7. The van der Waals surface area contributed by atoms with Crippen molar-refractivity contribution in [2.24, 2.45) is 0 Å². The monoisotopic (exact) mass is 397 g/mol. The zero-order chi connectivity index (χ0) is 20.2. The van der Waals surface area contributed by atoms with Gasteiger partial charge in [-0.05, 0) is 37.1 Å². The minimum atomic E-state index is -0.851.